The van der Waals surface area contributed by atoms with Gasteiger partial charge in [0.2, 0.25) is 18.6 Å². The van der Waals surface area contributed by atoms with Crippen LogP contribution in [0, 0.1) is 6.92 Å². The number of fused-ring (bicyclic) bond motifs is 1. The molecule has 0 saturated carbocycles. The summed E-state index contributed by atoms with van der Waals surface area (Å²) in [5.74, 6) is 1.77. The lowest BCUT2D eigenvalue weighted by atomic mass is 10.1. The molecule has 7 nitrogen and oxygen atoms in total. The van der Waals surface area contributed by atoms with Crippen molar-refractivity contribution >= 4 is 23.4 Å². The average molecular weight is 397 g/mol. The molecule has 0 atom stereocenters. The summed E-state index contributed by atoms with van der Waals surface area (Å²) in [6, 6.07) is 11.4. The summed E-state index contributed by atoms with van der Waals surface area (Å²) in [7, 11) is 0. The van der Waals surface area contributed by atoms with Gasteiger partial charge >= 0.3 is 0 Å². The van der Waals surface area contributed by atoms with E-state index in [4.69, 9.17) is 13.9 Å². The molecular weight excluding hydrogens is 378 g/mol. The van der Waals surface area contributed by atoms with Crippen LogP contribution in [0.5, 0.6) is 11.5 Å². The molecule has 0 unspecified atom stereocenters. The van der Waals surface area contributed by atoms with E-state index in [1.54, 1.807) is 12.1 Å². The van der Waals surface area contributed by atoms with E-state index in [1.165, 1.54) is 11.8 Å². The predicted molar refractivity (Wildman–Crippen MR) is 106 cm³/mol. The molecule has 1 N–H and O–H groups in total. The van der Waals surface area contributed by atoms with E-state index < -0.39 is 0 Å². The number of hydrogen-bond acceptors (Lipinski definition) is 7. The fraction of sp³-hybridized carbons (Fsp3) is 0.250. The Kier molecular flexibility index (Phi) is 5.21. The van der Waals surface area contributed by atoms with E-state index in [0.717, 1.165) is 28.8 Å². The molecule has 0 aliphatic carbocycles. The molecule has 0 saturated heterocycles. The number of carbonyl (C=O) groups is 1. The Balaban J connectivity index is 1.39. The highest BCUT2D eigenvalue weighted by Gasteiger charge is 2.17. The molecular formula is C20H19N3O4S. The maximum Gasteiger partial charge on any atom is 0.277 e. The highest BCUT2D eigenvalue weighted by molar-refractivity contribution is 7.99. The topological polar surface area (TPSA) is 86.5 Å². The molecule has 0 bridgehead atoms. The number of amides is 1. The van der Waals surface area contributed by atoms with E-state index in [9.17, 15) is 4.79 Å². The first kappa shape index (κ1) is 18.4. The van der Waals surface area contributed by atoms with Crippen molar-refractivity contribution in [2.75, 3.05) is 17.9 Å². The molecule has 1 aliphatic heterocycles. The number of rotatable bonds is 6. The summed E-state index contributed by atoms with van der Waals surface area (Å²) < 4.78 is 16.3. The second-order valence-electron chi connectivity index (χ2n) is 6.24. The number of benzene rings is 2. The van der Waals surface area contributed by atoms with Gasteiger partial charge in [0.1, 0.15) is 0 Å². The van der Waals surface area contributed by atoms with Gasteiger partial charge in [0.05, 0.1) is 5.75 Å². The number of nitrogens with one attached hydrogen (secondary N) is 1. The van der Waals surface area contributed by atoms with Gasteiger partial charge in [-0.05, 0) is 42.7 Å². The van der Waals surface area contributed by atoms with Crippen LogP contribution in [0.4, 0.5) is 5.69 Å². The molecule has 8 heteroatoms. The van der Waals surface area contributed by atoms with Crippen LogP contribution in [-0.2, 0) is 11.2 Å². The van der Waals surface area contributed by atoms with Crippen LogP contribution in [0.3, 0.4) is 0 Å². The smallest absolute Gasteiger partial charge is 0.277 e. The van der Waals surface area contributed by atoms with Crippen LogP contribution in [0.25, 0.3) is 11.5 Å². The van der Waals surface area contributed by atoms with Crippen molar-refractivity contribution < 1.29 is 18.7 Å². The second kappa shape index (κ2) is 7.93. The van der Waals surface area contributed by atoms with Gasteiger partial charge in [-0.1, -0.05) is 36.9 Å². The van der Waals surface area contributed by atoms with Gasteiger partial charge in [-0.2, -0.15) is 0 Å². The number of hydrogen-bond donors (Lipinski definition) is 1. The third-order valence-electron chi connectivity index (χ3n) is 4.36. The first-order chi connectivity index (χ1) is 13.6. The Morgan fingerprint density at radius 1 is 1.18 bits per heavy atom. The Morgan fingerprint density at radius 2 is 2.04 bits per heavy atom. The quantitative estimate of drug-likeness (QED) is 0.628. The fourth-order valence-corrected chi connectivity index (χ4v) is 3.48. The van der Waals surface area contributed by atoms with Crippen molar-refractivity contribution in [3.8, 4) is 23.0 Å². The van der Waals surface area contributed by atoms with E-state index in [-0.39, 0.29) is 18.5 Å². The molecule has 0 radical (unpaired) electrons. The maximum atomic E-state index is 12.4. The predicted octanol–water partition coefficient (Wildman–Crippen LogP) is 4.07. The van der Waals surface area contributed by atoms with Crippen molar-refractivity contribution in [3.63, 3.8) is 0 Å². The summed E-state index contributed by atoms with van der Waals surface area (Å²) in [5.41, 5.74) is 3.77. The average Bonchev–Trinajstić information content (AvgIpc) is 3.36. The minimum absolute atomic E-state index is 0.114. The van der Waals surface area contributed by atoms with Crippen LogP contribution in [-0.4, -0.2) is 28.7 Å². The first-order valence-corrected chi connectivity index (χ1v) is 9.87. The van der Waals surface area contributed by atoms with Crippen molar-refractivity contribution in [3.05, 3.63) is 47.5 Å². The van der Waals surface area contributed by atoms with E-state index in [0.29, 0.717) is 22.6 Å². The first-order valence-electron chi connectivity index (χ1n) is 8.88. The Morgan fingerprint density at radius 3 is 2.89 bits per heavy atom. The number of anilines is 1. The van der Waals surface area contributed by atoms with Crippen molar-refractivity contribution in [1.82, 2.24) is 10.2 Å². The minimum atomic E-state index is -0.114. The summed E-state index contributed by atoms with van der Waals surface area (Å²) in [5, 5.41) is 11.4. The van der Waals surface area contributed by atoms with E-state index in [2.05, 4.69) is 22.4 Å². The van der Waals surface area contributed by atoms with Crippen molar-refractivity contribution in [1.29, 1.82) is 0 Å². The van der Waals surface area contributed by atoms with Gasteiger partial charge < -0.3 is 19.2 Å². The molecule has 4 rings (SSSR count). The van der Waals surface area contributed by atoms with Gasteiger partial charge in [-0.25, -0.2) is 0 Å². The van der Waals surface area contributed by atoms with Crippen molar-refractivity contribution in [2.45, 2.75) is 25.5 Å². The number of para-hydroxylation sites is 1. The molecule has 28 heavy (non-hydrogen) atoms. The summed E-state index contributed by atoms with van der Waals surface area (Å²) >= 11 is 1.20. The van der Waals surface area contributed by atoms with Crippen LogP contribution in [0.1, 0.15) is 18.1 Å². The third-order valence-corrected chi connectivity index (χ3v) is 5.18. The van der Waals surface area contributed by atoms with E-state index >= 15 is 0 Å². The number of nitrogens with zero attached hydrogens (tertiary/aromatic N) is 2. The van der Waals surface area contributed by atoms with Gasteiger partial charge in [-0.15, -0.1) is 10.2 Å². The zero-order valence-electron chi connectivity index (χ0n) is 15.5. The minimum Gasteiger partial charge on any atom is -0.454 e. The Hall–Kier alpha value is -3.00. The van der Waals surface area contributed by atoms with Gasteiger partial charge in [-0.3, -0.25) is 4.79 Å². The molecule has 2 aromatic carbocycles. The lowest BCUT2D eigenvalue weighted by molar-refractivity contribution is -0.113. The molecule has 1 aromatic heterocycles. The molecule has 0 fully saturated rings. The van der Waals surface area contributed by atoms with Gasteiger partial charge in [0.15, 0.2) is 11.5 Å². The van der Waals surface area contributed by atoms with E-state index in [1.807, 2.05) is 31.2 Å². The standard InChI is InChI=1S/C20H19N3O4S/c1-3-13-6-4-5-12(2)18(13)21-17(24)10-28-20-23-22-19(27-20)14-7-8-15-16(9-14)26-11-25-15/h4-9H,3,10-11H2,1-2H3,(H,21,24). The molecule has 1 aliphatic rings. The number of ether oxygens (including phenoxy) is 2. The Labute approximate surface area is 166 Å². The maximum absolute atomic E-state index is 12.4. The molecule has 0 spiro atoms. The third kappa shape index (κ3) is 3.82. The SMILES string of the molecule is CCc1cccc(C)c1NC(=O)CSc1nnc(-c2ccc3c(c2)OCO3)o1. The van der Waals surface area contributed by atoms with Crippen LogP contribution < -0.4 is 14.8 Å². The van der Waals surface area contributed by atoms with Gasteiger partial charge in [0.25, 0.3) is 5.22 Å². The normalized spacial score (nSPS) is 12.2. The second-order valence-corrected chi connectivity index (χ2v) is 7.17. The number of thioether (sulfide) groups is 1. The van der Waals surface area contributed by atoms with Crippen molar-refractivity contribution in [2.24, 2.45) is 0 Å². The van der Waals surface area contributed by atoms with Crippen LogP contribution in [0.15, 0.2) is 46.0 Å². The molecule has 144 valence electrons. The summed E-state index contributed by atoms with van der Waals surface area (Å²) in [6.07, 6.45) is 0.854. The molecule has 1 amide bonds. The monoisotopic (exact) mass is 397 g/mol. The fourth-order valence-electron chi connectivity index (χ4n) is 2.92. The highest BCUT2D eigenvalue weighted by atomic mass is 32.2. The van der Waals surface area contributed by atoms with Crippen LogP contribution in [0.2, 0.25) is 0 Å². The number of carbonyl (C=O) groups excluding carboxylic acids is 1. The number of aromatic nitrogens is 2. The molecule has 3 aromatic rings. The summed E-state index contributed by atoms with van der Waals surface area (Å²) in [6.45, 7) is 4.26. The molecule has 2 heterocycles. The lowest BCUT2D eigenvalue weighted by Gasteiger charge is -2.12. The lowest BCUT2D eigenvalue weighted by Crippen LogP contribution is -2.16. The van der Waals surface area contributed by atoms with Crippen LogP contribution >= 0.6 is 11.8 Å². The Bertz CT molecular complexity index is 1020. The number of aryl methyl sites for hydroxylation is 2. The highest BCUT2D eigenvalue weighted by Crippen LogP contribution is 2.36. The zero-order valence-corrected chi connectivity index (χ0v) is 16.3. The van der Waals surface area contributed by atoms with Gasteiger partial charge in [0, 0.05) is 11.3 Å². The summed E-state index contributed by atoms with van der Waals surface area (Å²) in [4.78, 5) is 12.4. The largest absolute Gasteiger partial charge is 0.454 e. The zero-order chi connectivity index (χ0) is 19.5.